The molecule has 3 unspecified atom stereocenters. The van der Waals surface area contributed by atoms with E-state index in [1.807, 2.05) is 13.8 Å². The number of nitrogens with one attached hydrogen (secondary N) is 1. The smallest absolute Gasteiger partial charge is 0.243 e. The molecule has 0 aliphatic carbocycles. The normalized spacial score (nSPS) is 24.0. The molecule has 0 bridgehead atoms. The molecule has 2 heterocycles. The summed E-state index contributed by atoms with van der Waals surface area (Å²) < 4.78 is 28.1. The number of fused-ring (bicyclic) bond motifs is 1. The van der Waals surface area contributed by atoms with Crippen LogP contribution in [-0.4, -0.2) is 29.0 Å². The highest BCUT2D eigenvalue weighted by atomic mass is 35.5. The summed E-state index contributed by atoms with van der Waals surface area (Å²) in [6.07, 6.45) is 2.59. The van der Waals surface area contributed by atoms with E-state index < -0.39 is 28.1 Å². The molecule has 0 radical (unpaired) electrons. The number of benzene rings is 1. The molecule has 3 rings (SSSR count). The van der Waals surface area contributed by atoms with Gasteiger partial charge in [-0.25, -0.2) is 8.42 Å². The first-order valence-electron chi connectivity index (χ1n) is 8.10. The van der Waals surface area contributed by atoms with Gasteiger partial charge in [0.05, 0.1) is 28.9 Å². The maximum atomic E-state index is 13.3. The number of nitroso groups, excluding NO2 is 1. The van der Waals surface area contributed by atoms with Gasteiger partial charge in [0, 0.05) is 10.6 Å². The summed E-state index contributed by atoms with van der Waals surface area (Å²) in [5.41, 5.74) is 1.31. The van der Waals surface area contributed by atoms with Crippen molar-refractivity contribution in [1.82, 2.24) is 14.5 Å². The standard InChI is InChI=1S/C16H19ClN4O3S/c1-3-13-12-9-18-19-15(12)16(20-22)14(4-2)21(13)25(23,24)11-7-5-10(17)6-8-11/h5-9,13-14,16H,3-4H2,1-2H3,(H,18,19). The minimum absolute atomic E-state index is 0.144. The Hall–Kier alpha value is -1.77. The van der Waals surface area contributed by atoms with Gasteiger partial charge in [-0.15, -0.1) is 0 Å². The highest BCUT2D eigenvalue weighted by molar-refractivity contribution is 7.89. The molecule has 0 spiro atoms. The average molecular weight is 383 g/mol. The number of hydrogen-bond donors (Lipinski definition) is 1. The molecule has 0 saturated heterocycles. The Kier molecular flexibility index (Phi) is 4.95. The first kappa shape index (κ1) is 18.0. The van der Waals surface area contributed by atoms with E-state index >= 15 is 0 Å². The van der Waals surface area contributed by atoms with Gasteiger partial charge in [0.25, 0.3) is 0 Å². The first-order chi connectivity index (χ1) is 12.0. The molecule has 1 aromatic heterocycles. The monoisotopic (exact) mass is 382 g/mol. The second-order valence-corrected chi connectivity index (χ2v) is 8.26. The molecule has 3 atom stereocenters. The predicted molar refractivity (Wildman–Crippen MR) is 94.7 cm³/mol. The molecule has 25 heavy (non-hydrogen) atoms. The summed E-state index contributed by atoms with van der Waals surface area (Å²) >= 11 is 5.88. The maximum Gasteiger partial charge on any atom is 0.243 e. The summed E-state index contributed by atoms with van der Waals surface area (Å²) in [5, 5.41) is 10.5. The van der Waals surface area contributed by atoms with E-state index in [2.05, 4.69) is 15.4 Å². The number of halogens is 1. The van der Waals surface area contributed by atoms with E-state index in [9.17, 15) is 13.3 Å². The van der Waals surface area contributed by atoms with Crippen molar-refractivity contribution in [2.75, 3.05) is 0 Å². The van der Waals surface area contributed by atoms with Gasteiger partial charge in [-0.1, -0.05) is 30.6 Å². The predicted octanol–water partition coefficient (Wildman–Crippen LogP) is 3.80. The summed E-state index contributed by atoms with van der Waals surface area (Å²) in [6.45, 7) is 3.76. The zero-order valence-corrected chi connectivity index (χ0v) is 15.5. The number of rotatable bonds is 5. The van der Waals surface area contributed by atoms with Crippen molar-refractivity contribution in [2.45, 2.75) is 49.7 Å². The highest BCUT2D eigenvalue weighted by Gasteiger charge is 2.47. The molecule has 2 aromatic rings. The van der Waals surface area contributed by atoms with E-state index in [-0.39, 0.29) is 4.90 Å². The molecule has 1 N–H and O–H groups in total. The number of H-pyrrole nitrogens is 1. The van der Waals surface area contributed by atoms with Crippen LogP contribution in [0.4, 0.5) is 0 Å². The van der Waals surface area contributed by atoms with Crippen molar-refractivity contribution in [3.63, 3.8) is 0 Å². The third-order valence-corrected chi connectivity index (χ3v) is 6.86. The van der Waals surface area contributed by atoms with Gasteiger partial charge < -0.3 is 0 Å². The summed E-state index contributed by atoms with van der Waals surface area (Å²) in [4.78, 5) is 11.6. The molecular formula is C16H19ClN4O3S. The second kappa shape index (κ2) is 6.86. The van der Waals surface area contributed by atoms with Gasteiger partial charge >= 0.3 is 0 Å². The molecule has 1 aliphatic rings. The summed E-state index contributed by atoms with van der Waals surface area (Å²) in [6, 6.07) is 4.25. The number of sulfonamides is 1. The van der Waals surface area contributed by atoms with E-state index in [0.29, 0.717) is 29.1 Å². The largest absolute Gasteiger partial charge is 0.280 e. The fourth-order valence-electron chi connectivity index (χ4n) is 3.51. The van der Waals surface area contributed by atoms with Crippen LogP contribution >= 0.6 is 11.6 Å². The third kappa shape index (κ3) is 2.88. The second-order valence-electron chi connectivity index (χ2n) is 5.98. The van der Waals surface area contributed by atoms with Gasteiger partial charge in [-0.3, -0.25) is 5.10 Å². The zero-order chi connectivity index (χ0) is 18.2. The molecule has 134 valence electrons. The molecule has 7 nitrogen and oxygen atoms in total. The number of nitrogens with zero attached hydrogens (tertiary/aromatic N) is 3. The van der Waals surface area contributed by atoms with Crippen LogP contribution in [0.5, 0.6) is 0 Å². The minimum Gasteiger partial charge on any atom is -0.280 e. The molecule has 1 aromatic carbocycles. The van der Waals surface area contributed by atoms with Crippen LogP contribution in [0.3, 0.4) is 0 Å². The maximum absolute atomic E-state index is 13.3. The molecule has 0 fully saturated rings. The Morgan fingerprint density at radius 1 is 1.24 bits per heavy atom. The molecular weight excluding hydrogens is 364 g/mol. The SMILES string of the molecule is CCC1c2cn[nH]c2C(N=O)C(CC)N1S(=O)(=O)c1ccc(Cl)cc1. The lowest BCUT2D eigenvalue weighted by Crippen LogP contribution is -2.48. The third-order valence-electron chi connectivity index (χ3n) is 4.66. The number of aromatic nitrogens is 2. The van der Waals surface area contributed by atoms with Crippen molar-refractivity contribution in [3.05, 3.63) is 51.6 Å². The minimum atomic E-state index is -3.83. The van der Waals surface area contributed by atoms with Crippen molar-refractivity contribution in [3.8, 4) is 0 Å². The Bertz CT molecular complexity index is 866. The Morgan fingerprint density at radius 2 is 1.92 bits per heavy atom. The van der Waals surface area contributed by atoms with Gasteiger partial charge in [0.15, 0.2) is 6.04 Å². The van der Waals surface area contributed by atoms with Crippen molar-refractivity contribution < 1.29 is 8.42 Å². The van der Waals surface area contributed by atoms with E-state index in [1.54, 1.807) is 18.3 Å². The van der Waals surface area contributed by atoms with Crippen LogP contribution in [0.1, 0.15) is 50.0 Å². The quantitative estimate of drug-likeness (QED) is 0.795. The first-order valence-corrected chi connectivity index (χ1v) is 9.92. The Labute approximate surface area is 151 Å². The van der Waals surface area contributed by atoms with Crippen molar-refractivity contribution in [1.29, 1.82) is 0 Å². The van der Waals surface area contributed by atoms with Crippen LogP contribution < -0.4 is 0 Å². The van der Waals surface area contributed by atoms with Gasteiger partial charge in [0.1, 0.15) is 0 Å². The van der Waals surface area contributed by atoms with Crippen LogP contribution in [0.25, 0.3) is 0 Å². The number of aromatic amines is 1. The van der Waals surface area contributed by atoms with Crippen molar-refractivity contribution in [2.24, 2.45) is 5.18 Å². The van der Waals surface area contributed by atoms with Gasteiger partial charge in [-0.05, 0) is 37.1 Å². The van der Waals surface area contributed by atoms with E-state index in [1.165, 1.54) is 16.4 Å². The molecule has 0 saturated carbocycles. The van der Waals surface area contributed by atoms with Crippen LogP contribution in [0.2, 0.25) is 5.02 Å². The highest BCUT2D eigenvalue weighted by Crippen LogP contribution is 2.45. The summed E-state index contributed by atoms with van der Waals surface area (Å²) in [7, 11) is -3.83. The average Bonchev–Trinajstić information content (AvgIpc) is 3.09. The lowest BCUT2D eigenvalue weighted by atomic mass is 9.90. The van der Waals surface area contributed by atoms with E-state index in [4.69, 9.17) is 11.6 Å². The van der Waals surface area contributed by atoms with Crippen LogP contribution in [-0.2, 0) is 10.0 Å². The lowest BCUT2D eigenvalue weighted by Gasteiger charge is -2.41. The molecule has 1 aliphatic heterocycles. The van der Waals surface area contributed by atoms with Gasteiger partial charge in [0.2, 0.25) is 10.0 Å². The Balaban J connectivity index is 2.18. The fourth-order valence-corrected chi connectivity index (χ4v) is 5.58. The summed E-state index contributed by atoms with van der Waals surface area (Å²) in [5.74, 6) is 0. The van der Waals surface area contributed by atoms with Gasteiger partial charge in [-0.2, -0.15) is 14.3 Å². The molecule has 0 amide bonds. The van der Waals surface area contributed by atoms with Crippen molar-refractivity contribution >= 4 is 21.6 Å². The lowest BCUT2D eigenvalue weighted by molar-refractivity contribution is 0.188. The Morgan fingerprint density at radius 3 is 2.48 bits per heavy atom. The zero-order valence-electron chi connectivity index (χ0n) is 13.9. The topological polar surface area (TPSA) is 95.5 Å². The van der Waals surface area contributed by atoms with Crippen LogP contribution in [0.15, 0.2) is 40.5 Å². The number of hydrogen-bond acceptors (Lipinski definition) is 5. The van der Waals surface area contributed by atoms with E-state index in [0.717, 1.165) is 0 Å². The fraction of sp³-hybridized carbons (Fsp3) is 0.438. The van der Waals surface area contributed by atoms with Crippen LogP contribution in [0, 0.1) is 4.91 Å². The molecule has 9 heteroatoms.